The van der Waals surface area contributed by atoms with Crippen molar-refractivity contribution in [2.75, 3.05) is 14.2 Å². The van der Waals surface area contributed by atoms with Gasteiger partial charge in [-0.05, 0) is 36.2 Å². The van der Waals surface area contributed by atoms with Crippen molar-refractivity contribution in [1.29, 1.82) is 0 Å². The van der Waals surface area contributed by atoms with Crippen LogP contribution in [0.2, 0.25) is 5.02 Å². The first-order valence-corrected chi connectivity index (χ1v) is 7.06. The number of para-hydroxylation sites is 1. The van der Waals surface area contributed by atoms with Crippen molar-refractivity contribution in [1.82, 2.24) is 0 Å². The van der Waals surface area contributed by atoms with Gasteiger partial charge in [0.05, 0.1) is 19.6 Å². The Kier molecular flexibility index (Phi) is 5.16. The lowest BCUT2D eigenvalue weighted by Gasteiger charge is -2.16. The standard InChI is InChI=1S/C16H16Cl2O2/c1-19-15-6-4-3-5-11(15)9-14(18)13-10-12(17)7-8-16(13)20-2/h3-8,10,14H,9H2,1-2H3. The zero-order valence-electron chi connectivity index (χ0n) is 11.4. The highest BCUT2D eigenvalue weighted by Gasteiger charge is 2.16. The number of alkyl halides is 1. The summed E-state index contributed by atoms with van der Waals surface area (Å²) < 4.78 is 10.7. The van der Waals surface area contributed by atoms with Crippen molar-refractivity contribution in [3.63, 3.8) is 0 Å². The molecule has 0 aliphatic rings. The quantitative estimate of drug-likeness (QED) is 0.733. The molecule has 20 heavy (non-hydrogen) atoms. The molecule has 1 unspecified atom stereocenters. The van der Waals surface area contributed by atoms with Crippen molar-refractivity contribution < 1.29 is 9.47 Å². The molecule has 2 aromatic carbocycles. The van der Waals surface area contributed by atoms with Crippen molar-refractivity contribution in [3.8, 4) is 11.5 Å². The van der Waals surface area contributed by atoms with Gasteiger partial charge in [-0.2, -0.15) is 0 Å². The molecule has 0 bridgehead atoms. The molecule has 0 heterocycles. The van der Waals surface area contributed by atoms with E-state index in [1.165, 1.54) is 0 Å². The predicted octanol–water partition coefficient (Wildman–Crippen LogP) is 4.88. The molecule has 0 saturated carbocycles. The Labute approximate surface area is 129 Å². The molecule has 0 radical (unpaired) electrons. The molecular weight excluding hydrogens is 295 g/mol. The molecule has 2 rings (SSSR count). The third-order valence-corrected chi connectivity index (χ3v) is 3.75. The average molecular weight is 311 g/mol. The maximum atomic E-state index is 6.53. The summed E-state index contributed by atoms with van der Waals surface area (Å²) in [4.78, 5) is 0. The van der Waals surface area contributed by atoms with Crippen molar-refractivity contribution in [2.45, 2.75) is 11.8 Å². The molecule has 0 aliphatic carbocycles. The summed E-state index contributed by atoms with van der Waals surface area (Å²) in [6.45, 7) is 0. The number of hydrogen-bond donors (Lipinski definition) is 0. The van der Waals surface area contributed by atoms with Gasteiger partial charge in [0.15, 0.2) is 0 Å². The van der Waals surface area contributed by atoms with Crippen molar-refractivity contribution >= 4 is 23.2 Å². The van der Waals surface area contributed by atoms with E-state index < -0.39 is 0 Å². The number of halogens is 2. The largest absolute Gasteiger partial charge is 0.496 e. The summed E-state index contributed by atoms with van der Waals surface area (Å²) in [5.74, 6) is 1.57. The van der Waals surface area contributed by atoms with Gasteiger partial charge in [-0.1, -0.05) is 29.8 Å². The minimum atomic E-state index is -0.236. The maximum Gasteiger partial charge on any atom is 0.123 e. The molecule has 106 valence electrons. The molecule has 0 fully saturated rings. The van der Waals surface area contributed by atoms with Gasteiger partial charge in [0.2, 0.25) is 0 Å². The Balaban J connectivity index is 2.28. The molecule has 1 atom stereocenters. The lowest BCUT2D eigenvalue weighted by Crippen LogP contribution is -2.01. The summed E-state index contributed by atoms with van der Waals surface area (Å²) in [6, 6.07) is 13.3. The van der Waals surface area contributed by atoms with Crippen LogP contribution < -0.4 is 9.47 Å². The molecule has 0 aliphatic heterocycles. The Hall–Kier alpha value is -1.38. The van der Waals surface area contributed by atoms with Crippen LogP contribution in [0.1, 0.15) is 16.5 Å². The van der Waals surface area contributed by atoms with E-state index in [9.17, 15) is 0 Å². The third kappa shape index (κ3) is 3.38. The van der Waals surface area contributed by atoms with Gasteiger partial charge in [-0.25, -0.2) is 0 Å². The first-order chi connectivity index (χ1) is 9.65. The van der Waals surface area contributed by atoms with Gasteiger partial charge < -0.3 is 9.47 Å². The third-order valence-electron chi connectivity index (χ3n) is 3.12. The van der Waals surface area contributed by atoms with E-state index in [-0.39, 0.29) is 5.38 Å². The van der Waals surface area contributed by atoms with Crippen LogP contribution in [0.15, 0.2) is 42.5 Å². The Morgan fingerprint density at radius 3 is 2.40 bits per heavy atom. The smallest absolute Gasteiger partial charge is 0.123 e. The number of ether oxygens (including phenoxy) is 2. The van der Waals surface area contributed by atoms with Gasteiger partial charge in [0, 0.05) is 10.6 Å². The van der Waals surface area contributed by atoms with Gasteiger partial charge in [0.1, 0.15) is 11.5 Å². The Morgan fingerprint density at radius 1 is 1.00 bits per heavy atom. The second kappa shape index (κ2) is 6.87. The number of benzene rings is 2. The van der Waals surface area contributed by atoms with Gasteiger partial charge >= 0.3 is 0 Å². The van der Waals surface area contributed by atoms with Gasteiger partial charge in [-0.3, -0.25) is 0 Å². The molecule has 0 saturated heterocycles. The normalized spacial score (nSPS) is 12.0. The molecule has 0 spiro atoms. The van der Waals surface area contributed by atoms with E-state index >= 15 is 0 Å². The lowest BCUT2D eigenvalue weighted by molar-refractivity contribution is 0.405. The topological polar surface area (TPSA) is 18.5 Å². The van der Waals surface area contributed by atoms with E-state index in [1.54, 1.807) is 20.3 Å². The van der Waals surface area contributed by atoms with Crippen LogP contribution in [0.5, 0.6) is 11.5 Å². The lowest BCUT2D eigenvalue weighted by atomic mass is 10.0. The molecule has 0 amide bonds. The predicted molar refractivity (Wildman–Crippen MR) is 83.3 cm³/mol. The van der Waals surface area contributed by atoms with Crippen LogP contribution in [0, 0.1) is 0 Å². The molecular formula is C16H16Cl2O2. The monoisotopic (exact) mass is 310 g/mol. The van der Waals surface area contributed by atoms with E-state index in [0.29, 0.717) is 11.4 Å². The summed E-state index contributed by atoms with van der Waals surface area (Å²) in [6.07, 6.45) is 0.641. The average Bonchev–Trinajstić information content (AvgIpc) is 2.47. The SMILES string of the molecule is COc1ccccc1CC(Cl)c1cc(Cl)ccc1OC. The van der Waals surface area contributed by atoms with E-state index in [2.05, 4.69) is 0 Å². The highest BCUT2D eigenvalue weighted by molar-refractivity contribution is 6.31. The maximum absolute atomic E-state index is 6.53. The minimum Gasteiger partial charge on any atom is -0.496 e. The van der Waals surface area contributed by atoms with Crippen LogP contribution >= 0.6 is 23.2 Å². The Morgan fingerprint density at radius 2 is 1.70 bits per heavy atom. The molecule has 4 heteroatoms. The van der Waals surface area contributed by atoms with Crippen LogP contribution in [0.3, 0.4) is 0 Å². The molecule has 2 aromatic rings. The summed E-state index contributed by atoms with van der Waals surface area (Å²) in [7, 11) is 3.28. The summed E-state index contributed by atoms with van der Waals surface area (Å²) in [5, 5.41) is 0.409. The number of methoxy groups -OCH3 is 2. The highest BCUT2D eigenvalue weighted by atomic mass is 35.5. The molecule has 2 nitrogen and oxygen atoms in total. The zero-order chi connectivity index (χ0) is 14.5. The van der Waals surface area contributed by atoms with Crippen LogP contribution in [-0.4, -0.2) is 14.2 Å². The first-order valence-electron chi connectivity index (χ1n) is 6.25. The van der Waals surface area contributed by atoms with Gasteiger partial charge in [-0.15, -0.1) is 11.6 Å². The molecule has 0 aromatic heterocycles. The fourth-order valence-electron chi connectivity index (χ4n) is 2.12. The van der Waals surface area contributed by atoms with Crippen LogP contribution in [-0.2, 0) is 6.42 Å². The van der Waals surface area contributed by atoms with Gasteiger partial charge in [0.25, 0.3) is 0 Å². The summed E-state index contributed by atoms with van der Waals surface area (Å²) in [5.41, 5.74) is 1.93. The summed E-state index contributed by atoms with van der Waals surface area (Å²) >= 11 is 12.6. The van der Waals surface area contributed by atoms with Crippen LogP contribution in [0.4, 0.5) is 0 Å². The minimum absolute atomic E-state index is 0.236. The van der Waals surface area contributed by atoms with Crippen LogP contribution in [0.25, 0.3) is 0 Å². The fourth-order valence-corrected chi connectivity index (χ4v) is 2.64. The molecule has 0 N–H and O–H groups in total. The van der Waals surface area contributed by atoms with Crippen molar-refractivity contribution in [2.24, 2.45) is 0 Å². The van der Waals surface area contributed by atoms with E-state index in [4.69, 9.17) is 32.7 Å². The van der Waals surface area contributed by atoms with Crippen molar-refractivity contribution in [3.05, 3.63) is 58.6 Å². The zero-order valence-corrected chi connectivity index (χ0v) is 12.9. The fraction of sp³-hybridized carbons (Fsp3) is 0.250. The number of rotatable bonds is 5. The Bertz CT molecular complexity index is 584. The van der Waals surface area contributed by atoms with E-state index in [0.717, 1.165) is 22.6 Å². The first kappa shape index (κ1) is 15.0. The second-order valence-corrected chi connectivity index (χ2v) is 5.33. The number of hydrogen-bond acceptors (Lipinski definition) is 2. The highest BCUT2D eigenvalue weighted by Crippen LogP contribution is 2.35. The van der Waals surface area contributed by atoms with E-state index in [1.807, 2.05) is 36.4 Å². The second-order valence-electron chi connectivity index (χ2n) is 4.37.